The van der Waals surface area contributed by atoms with E-state index in [1.807, 2.05) is 0 Å². The first kappa shape index (κ1) is 18.2. The Hall–Kier alpha value is -3.62. The lowest BCUT2D eigenvalue weighted by molar-refractivity contribution is -0.384. The van der Waals surface area contributed by atoms with Gasteiger partial charge in [0.25, 0.3) is 11.6 Å². The smallest absolute Gasteiger partial charge is 0.271 e. The lowest BCUT2D eigenvalue weighted by atomic mass is 10.2. The van der Waals surface area contributed by atoms with Crippen molar-refractivity contribution in [3.63, 3.8) is 0 Å². The van der Waals surface area contributed by atoms with E-state index in [9.17, 15) is 19.7 Å². The number of non-ortho nitro benzene ring substituents is 1. The van der Waals surface area contributed by atoms with Crippen molar-refractivity contribution in [1.29, 1.82) is 0 Å². The third-order valence-corrected chi connectivity index (χ3v) is 4.21. The van der Waals surface area contributed by atoms with Gasteiger partial charge in [0.05, 0.1) is 23.4 Å². The molecule has 9 nitrogen and oxygen atoms in total. The van der Waals surface area contributed by atoms with Gasteiger partial charge in [-0.25, -0.2) is 0 Å². The average molecular weight is 371 g/mol. The van der Waals surface area contributed by atoms with Gasteiger partial charge in [0.2, 0.25) is 5.91 Å². The fourth-order valence-electron chi connectivity index (χ4n) is 2.76. The molecule has 0 aromatic heterocycles. The molecule has 0 N–H and O–H groups in total. The van der Waals surface area contributed by atoms with Gasteiger partial charge in [0.1, 0.15) is 18.0 Å². The highest BCUT2D eigenvalue weighted by Gasteiger charge is 2.30. The fraction of sp³-hybridized carbons (Fsp3) is 0.222. The van der Waals surface area contributed by atoms with Gasteiger partial charge >= 0.3 is 0 Å². The lowest BCUT2D eigenvalue weighted by Crippen LogP contribution is -2.45. The quantitative estimate of drug-likeness (QED) is 0.588. The van der Waals surface area contributed by atoms with Crippen LogP contribution in [0.25, 0.3) is 0 Å². The van der Waals surface area contributed by atoms with Crippen molar-refractivity contribution in [1.82, 2.24) is 0 Å². The molecular weight excluding hydrogens is 354 g/mol. The van der Waals surface area contributed by atoms with Gasteiger partial charge in [0, 0.05) is 19.2 Å². The van der Waals surface area contributed by atoms with Crippen LogP contribution < -0.4 is 19.3 Å². The van der Waals surface area contributed by atoms with Crippen LogP contribution in [0, 0.1) is 10.1 Å². The topological polar surface area (TPSA) is 102 Å². The molecule has 0 radical (unpaired) electrons. The highest BCUT2D eigenvalue weighted by molar-refractivity contribution is 6.06. The first-order valence-corrected chi connectivity index (χ1v) is 8.03. The number of methoxy groups -OCH3 is 1. The lowest BCUT2D eigenvalue weighted by Gasteiger charge is -2.30. The summed E-state index contributed by atoms with van der Waals surface area (Å²) >= 11 is 0. The van der Waals surface area contributed by atoms with Gasteiger partial charge in [0.15, 0.2) is 6.61 Å². The molecule has 1 heterocycles. The second kappa shape index (κ2) is 7.32. The van der Waals surface area contributed by atoms with Crippen molar-refractivity contribution in [2.75, 3.05) is 37.1 Å². The Morgan fingerprint density at radius 3 is 2.78 bits per heavy atom. The molecule has 0 saturated heterocycles. The summed E-state index contributed by atoms with van der Waals surface area (Å²) in [6.07, 6.45) is 0. The molecular formula is C18H17N3O6. The number of fused-ring (bicyclic) bond motifs is 1. The number of carbonyl (C=O) groups is 2. The van der Waals surface area contributed by atoms with Crippen LogP contribution in [0.5, 0.6) is 11.5 Å². The monoisotopic (exact) mass is 371 g/mol. The van der Waals surface area contributed by atoms with Gasteiger partial charge in [-0.3, -0.25) is 24.6 Å². The van der Waals surface area contributed by atoms with E-state index < -0.39 is 10.8 Å². The van der Waals surface area contributed by atoms with Crippen LogP contribution in [0.1, 0.15) is 0 Å². The zero-order valence-corrected chi connectivity index (χ0v) is 14.7. The highest BCUT2D eigenvalue weighted by Crippen LogP contribution is 2.35. The van der Waals surface area contributed by atoms with Gasteiger partial charge in [-0.15, -0.1) is 0 Å². The van der Waals surface area contributed by atoms with Crippen LogP contribution in [-0.2, 0) is 9.59 Å². The molecule has 2 aromatic carbocycles. The number of carbonyl (C=O) groups excluding carboxylic acids is 2. The van der Waals surface area contributed by atoms with Crippen molar-refractivity contribution >= 4 is 28.9 Å². The summed E-state index contributed by atoms with van der Waals surface area (Å²) in [5.74, 6) is -0.0115. The maximum absolute atomic E-state index is 12.8. The fourth-order valence-corrected chi connectivity index (χ4v) is 2.76. The maximum Gasteiger partial charge on any atom is 0.271 e. The first-order valence-electron chi connectivity index (χ1n) is 8.03. The molecule has 27 heavy (non-hydrogen) atoms. The summed E-state index contributed by atoms with van der Waals surface area (Å²) < 4.78 is 10.6. The van der Waals surface area contributed by atoms with E-state index in [2.05, 4.69) is 0 Å². The van der Waals surface area contributed by atoms with E-state index in [-0.39, 0.29) is 30.4 Å². The van der Waals surface area contributed by atoms with Crippen LogP contribution in [-0.4, -0.2) is 44.0 Å². The average Bonchev–Trinajstić information content (AvgIpc) is 2.68. The number of benzene rings is 2. The first-order chi connectivity index (χ1) is 12.9. The van der Waals surface area contributed by atoms with Crippen molar-refractivity contribution in [3.05, 3.63) is 52.6 Å². The summed E-state index contributed by atoms with van der Waals surface area (Å²) in [4.78, 5) is 38.1. The number of ether oxygens (including phenoxy) is 2. The molecule has 2 aromatic rings. The van der Waals surface area contributed by atoms with Crippen LogP contribution in [0.4, 0.5) is 17.1 Å². The number of nitro groups is 1. The second-order valence-electron chi connectivity index (χ2n) is 5.80. The maximum atomic E-state index is 12.8. The van der Waals surface area contributed by atoms with E-state index >= 15 is 0 Å². The van der Waals surface area contributed by atoms with Crippen LogP contribution >= 0.6 is 0 Å². The van der Waals surface area contributed by atoms with Gasteiger partial charge in [-0.1, -0.05) is 12.1 Å². The Bertz CT molecular complexity index is 914. The molecule has 2 amide bonds. The number of para-hydroxylation sites is 2. The number of hydrogen-bond acceptors (Lipinski definition) is 6. The van der Waals surface area contributed by atoms with Gasteiger partial charge in [-0.2, -0.15) is 0 Å². The molecule has 9 heteroatoms. The molecule has 140 valence electrons. The molecule has 1 aliphatic rings. The summed E-state index contributed by atoms with van der Waals surface area (Å²) in [6.45, 7) is -0.526. The van der Waals surface area contributed by atoms with Crippen LogP contribution in [0.3, 0.4) is 0 Å². The number of amides is 2. The van der Waals surface area contributed by atoms with Crippen molar-refractivity contribution in [2.45, 2.75) is 0 Å². The van der Waals surface area contributed by atoms with Gasteiger partial charge < -0.3 is 14.4 Å². The Morgan fingerprint density at radius 1 is 1.33 bits per heavy atom. The predicted molar refractivity (Wildman–Crippen MR) is 97.3 cm³/mol. The van der Waals surface area contributed by atoms with Crippen molar-refractivity contribution in [3.8, 4) is 11.5 Å². The minimum Gasteiger partial charge on any atom is -0.495 e. The number of likely N-dealkylation sites (N-methyl/N-ethyl adjacent to an activating group) is 1. The summed E-state index contributed by atoms with van der Waals surface area (Å²) in [5.41, 5.74) is 0.551. The molecule has 1 aliphatic heterocycles. The van der Waals surface area contributed by atoms with Crippen molar-refractivity contribution < 1.29 is 24.0 Å². The summed E-state index contributed by atoms with van der Waals surface area (Å²) in [6, 6.07) is 10.9. The number of hydrogen-bond donors (Lipinski definition) is 0. The van der Waals surface area contributed by atoms with E-state index in [0.717, 1.165) is 0 Å². The standard InChI is InChI=1S/C18H17N3O6/c1-19(13-5-3-4-6-15(13)26-2)17(22)10-20-14-9-12(21(24)25)7-8-16(14)27-11-18(20)23/h3-9H,10-11H2,1-2H3. The van der Waals surface area contributed by atoms with E-state index in [1.165, 1.54) is 35.1 Å². The zero-order chi connectivity index (χ0) is 19.6. The number of nitro benzene ring substituents is 1. The van der Waals surface area contributed by atoms with Crippen LogP contribution in [0.2, 0.25) is 0 Å². The van der Waals surface area contributed by atoms with Crippen molar-refractivity contribution in [2.24, 2.45) is 0 Å². The predicted octanol–water partition coefficient (Wildman–Crippen LogP) is 1.99. The minimum absolute atomic E-state index is 0.192. The third-order valence-electron chi connectivity index (χ3n) is 4.21. The number of anilines is 2. The Morgan fingerprint density at radius 2 is 2.07 bits per heavy atom. The van der Waals surface area contributed by atoms with E-state index in [1.54, 1.807) is 31.3 Å². The third kappa shape index (κ3) is 3.52. The molecule has 0 spiro atoms. The molecule has 0 fully saturated rings. The summed E-state index contributed by atoms with van der Waals surface area (Å²) in [5, 5.41) is 11.0. The van der Waals surface area contributed by atoms with Gasteiger partial charge in [-0.05, 0) is 18.2 Å². The summed E-state index contributed by atoms with van der Waals surface area (Å²) in [7, 11) is 3.07. The Balaban J connectivity index is 1.89. The Labute approximate surface area is 154 Å². The molecule has 0 aliphatic carbocycles. The molecule has 0 atom stereocenters. The number of rotatable bonds is 5. The molecule has 0 bridgehead atoms. The van der Waals surface area contributed by atoms with E-state index in [4.69, 9.17) is 9.47 Å². The molecule has 0 saturated carbocycles. The number of nitrogens with zero attached hydrogens (tertiary/aromatic N) is 3. The highest BCUT2D eigenvalue weighted by atomic mass is 16.6. The minimum atomic E-state index is -0.569. The second-order valence-corrected chi connectivity index (χ2v) is 5.80. The molecule has 0 unspecified atom stereocenters. The van der Waals surface area contributed by atoms with E-state index in [0.29, 0.717) is 17.2 Å². The normalized spacial score (nSPS) is 12.8. The molecule has 3 rings (SSSR count). The SMILES string of the molecule is COc1ccccc1N(C)C(=O)CN1C(=O)COc2ccc([N+](=O)[O-])cc21. The van der Waals surface area contributed by atoms with Crippen LogP contribution in [0.15, 0.2) is 42.5 Å². The largest absolute Gasteiger partial charge is 0.495 e. The Kier molecular flexibility index (Phi) is 4.93. The zero-order valence-electron chi connectivity index (χ0n) is 14.7.